The molecule has 1 saturated heterocycles. The summed E-state index contributed by atoms with van der Waals surface area (Å²) >= 11 is -0.945. The van der Waals surface area contributed by atoms with Gasteiger partial charge >= 0.3 is 5.97 Å². The SMILES string of the molecule is O=C(O)c1ccc(N(c2csc(N3CCOCC3)n2)S(=O)O)cc1. The normalized spacial score (nSPS) is 16.0. The van der Waals surface area contributed by atoms with Crippen molar-refractivity contribution in [3.05, 3.63) is 35.2 Å². The van der Waals surface area contributed by atoms with E-state index >= 15 is 0 Å². The summed E-state index contributed by atoms with van der Waals surface area (Å²) in [5, 5.41) is 11.4. The molecule has 2 aromatic rings. The number of anilines is 3. The van der Waals surface area contributed by atoms with Gasteiger partial charge in [0.15, 0.2) is 10.9 Å². The second-order valence-corrected chi connectivity index (χ2v) is 6.63. The van der Waals surface area contributed by atoms with Crippen LogP contribution in [0.1, 0.15) is 10.4 Å². The first-order valence-corrected chi connectivity index (χ1v) is 9.03. The van der Waals surface area contributed by atoms with Gasteiger partial charge in [-0.05, 0) is 24.3 Å². The number of morpholine rings is 1. The van der Waals surface area contributed by atoms with Crippen molar-refractivity contribution in [1.82, 2.24) is 4.98 Å². The first-order chi connectivity index (χ1) is 11.6. The Morgan fingerprint density at radius 3 is 2.54 bits per heavy atom. The summed E-state index contributed by atoms with van der Waals surface area (Å²) in [7, 11) is 0. The van der Waals surface area contributed by atoms with Crippen molar-refractivity contribution in [2.75, 3.05) is 35.5 Å². The summed E-state index contributed by atoms with van der Waals surface area (Å²) in [6, 6.07) is 5.72. The third kappa shape index (κ3) is 3.56. The van der Waals surface area contributed by atoms with Crippen LogP contribution >= 0.6 is 11.3 Å². The molecule has 0 spiro atoms. The van der Waals surface area contributed by atoms with Gasteiger partial charge in [-0.3, -0.25) is 4.55 Å². The number of benzene rings is 1. The minimum atomic E-state index is -2.33. The number of carbonyl (C=O) groups is 1. The van der Waals surface area contributed by atoms with Gasteiger partial charge in [0.1, 0.15) is 0 Å². The van der Waals surface area contributed by atoms with Gasteiger partial charge in [0.05, 0.1) is 24.5 Å². The zero-order valence-corrected chi connectivity index (χ0v) is 14.1. The fourth-order valence-electron chi connectivity index (χ4n) is 2.29. The van der Waals surface area contributed by atoms with Gasteiger partial charge in [-0.1, -0.05) is 0 Å². The largest absolute Gasteiger partial charge is 0.478 e. The van der Waals surface area contributed by atoms with Crippen molar-refractivity contribution in [1.29, 1.82) is 0 Å². The molecule has 2 N–H and O–H groups in total. The van der Waals surface area contributed by atoms with Gasteiger partial charge in [-0.2, -0.15) is 0 Å². The average Bonchev–Trinajstić information content (AvgIpc) is 3.05. The van der Waals surface area contributed by atoms with Gasteiger partial charge in [0.25, 0.3) is 11.3 Å². The van der Waals surface area contributed by atoms with E-state index in [-0.39, 0.29) is 5.56 Å². The molecule has 1 aliphatic heterocycles. The van der Waals surface area contributed by atoms with Crippen LogP contribution in [0, 0.1) is 0 Å². The van der Waals surface area contributed by atoms with Gasteiger partial charge in [0.2, 0.25) is 0 Å². The Bertz CT molecular complexity index is 743. The van der Waals surface area contributed by atoms with E-state index in [1.807, 2.05) is 0 Å². The maximum Gasteiger partial charge on any atom is 0.335 e. The first-order valence-electron chi connectivity index (χ1n) is 7.09. The van der Waals surface area contributed by atoms with E-state index in [1.54, 1.807) is 5.38 Å². The minimum Gasteiger partial charge on any atom is -0.478 e. The van der Waals surface area contributed by atoms with Gasteiger partial charge in [-0.15, -0.1) is 11.3 Å². The van der Waals surface area contributed by atoms with E-state index in [0.29, 0.717) is 24.7 Å². The van der Waals surface area contributed by atoms with Crippen molar-refractivity contribution in [2.45, 2.75) is 0 Å². The second kappa shape index (κ2) is 7.26. The molecule has 0 amide bonds. The van der Waals surface area contributed by atoms with Crippen LogP contribution < -0.4 is 9.21 Å². The summed E-state index contributed by atoms with van der Waals surface area (Å²) in [4.78, 5) is 17.4. The Morgan fingerprint density at radius 2 is 1.96 bits per heavy atom. The lowest BCUT2D eigenvalue weighted by molar-refractivity contribution is 0.0697. The second-order valence-electron chi connectivity index (χ2n) is 4.96. The molecule has 1 aliphatic rings. The van der Waals surface area contributed by atoms with Crippen molar-refractivity contribution >= 4 is 45.2 Å². The predicted octanol–water partition coefficient (Wildman–Crippen LogP) is 1.95. The zero-order chi connectivity index (χ0) is 17.1. The molecule has 0 radical (unpaired) electrons. The van der Waals surface area contributed by atoms with Crippen LogP contribution in [0.5, 0.6) is 0 Å². The fourth-order valence-corrected chi connectivity index (χ4v) is 3.76. The molecule has 0 bridgehead atoms. The molecule has 1 unspecified atom stereocenters. The van der Waals surface area contributed by atoms with Crippen LogP contribution in [-0.2, 0) is 16.0 Å². The number of aromatic carboxylic acids is 1. The highest BCUT2D eigenvalue weighted by Crippen LogP contribution is 2.32. The number of thiazole rings is 1. The molecule has 1 atom stereocenters. The summed E-state index contributed by atoms with van der Waals surface area (Å²) in [6.45, 7) is 2.70. The van der Waals surface area contributed by atoms with Crippen molar-refractivity contribution in [3.8, 4) is 0 Å². The number of nitrogens with zero attached hydrogens (tertiary/aromatic N) is 3. The zero-order valence-electron chi connectivity index (χ0n) is 12.5. The summed E-state index contributed by atoms with van der Waals surface area (Å²) < 4.78 is 27.8. The highest BCUT2D eigenvalue weighted by atomic mass is 32.2. The topological polar surface area (TPSA) is 103 Å². The Balaban J connectivity index is 1.87. The third-order valence-electron chi connectivity index (χ3n) is 3.47. The first kappa shape index (κ1) is 16.8. The average molecular weight is 369 g/mol. The van der Waals surface area contributed by atoms with Crippen LogP contribution in [-0.4, -0.2) is 51.1 Å². The van der Waals surface area contributed by atoms with Crippen LogP contribution in [0.3, 0.4) is 0 Å². The molecule has 10 heteroatoms. The van der Waals surface area contributed by atoms with Crippen LogP contribution in [0.4, 0.5) is 16.6 Å². The quantitative estimate of drug-likeness (QED) is 0.777. The Morgan fingerprint density at radius 1 is 1.29 bits per heavy atom. The number of aromatic nitrogens is 1. The molecule has 128 valence electrons. The van der Waals surface area contributed by atoms with Gasteiger partial charge in [-0.25, -0.2) is 18.3 Å². The fraction of sp³-hybridized carbons (Fsp3) is 0.286. The maximum absolute atomic E-state index is 11.8. The number of ether oxygens (including phenoxy) is 1. The number of hydrogen-bond acceptors (Lipinski definition) is 6. The molecular weight excluding hydrogens is 354 g/mol. The van der Waals surface area contributed by atoms with Crippen molar-refractivity contribution < 1.29 is 23.4 Å². The molecule has 8 nitrogen and oxygen atoms in total. The van der Waals surface area contributed by atoms with Gasteiger partial charge < -0.3 is 14.7 Å². The molecule has 3 rings (SSSR count). The van der Waals surface area contributed by atoms with Crippen LogP contribution in [0.25, 0.3) is 0 Å². The number of rotatable bonds is 5. The molecule has 1 aromatic heterocycles. The van der Waals surface area contributed by atoms with E-state index in [0.717, 1.165) is 22.5 Å². The minimum absolute atomic E-state index is 0.106. The van der Waals surface area contributed by atoms with E-state index in [4.69, 9.17) is 9.84 Å². The van der Waals surface area contributed by atoms with Crippen LogP contribution in [0.15, 0.2) is 29.6 Å². The number of carboxylic acids is 1. The third-order valence-corrected chi connectivity index (χ3v) is 5.07. The summed E-state index contributed by atoms with van der Waals surface area (Å²) in [5.41, 5.74) is 0.495. The van der Waals surface area contributed by atoms with E-state index < -0.39 is 17.2 Å². The summed E-state index contributed by atoms with van der Waals surface area (Å²) in [6.07, 6.45) is 0. The Labute approximate surface area is 144 Å². The molecular formula is C14H15N3O5S2. The Hall–Kier alpha value is -2.01. The van der Waals surface area contributed by atoms with E-state index in [9.17, 15) is 13.6 Å². The van der Waals surface area contributed by atoms with Crippen molar-refractivity contribution in [2.24, 2.45) is 0 Å². The highest BCUT2D eigenvalue weighted by molar-refractivity contribution is 7.81. The predicted molar refractivity (Wildman–Crippen MR) is 91.5 cm³/mol. The molecule has 2 heterocycles. The smallest absolute Gasteiger partial charge is 0.335 e. The van der Waals surface area contributed by atoms with Crippen LogP contribution in [0.2, 0.25) is 0 Å². The van der Waals surface area contributed by atoms with E-state index in [1.165, 1.54) is 35.6 Å². The molecule has 24 heavy (non-hydrogen) atoms. The Kier molecular flexibility index (Phi) is 5.09. The molecule has 1 aromatic carbocycles. The monoisotopic (exact) mass is 369 g/mol. The number of hydrogen-bond donors (Lipinski definition) is 2. The molecule has 1 fully saturated rings. The van der Waals surface area contributed by atoms with E-state index in [2.05, 4.69) is 9.88 Å². The van der Waals surface area contributed by atoms with Gasteiger partial charge in [0, 0.05) is 18.5 Å². The maximum atomic E-state index is 11.8. The number of carboxylic acid groups (broad SMARTS) is 1. The standard InChI is InChI=1S/C14H15N3O5S2/c18-13(19)10-1-3-11(4-2-10)17(24(20)21)12-9-23-14(15-12)16-5-7-22-8-6-16/h1-4,9H,5-8H2,(H,18,19)(H,20,21). The lowest BCUT2D eigenvalue weighted by atomic mass is 10.2. The molecule has 0 aliphatic carbocycles. The molecule has 0 saturated carbocycles. The lowest BCUT2D eigenvalue weighted by Gasteiger charge is -2.26. The highest BCUT2D eigenvalue weighted by Gasteiger charge is 2.21. The lowest BCUT2D eigenvalue weighted by Crippen LogP contribution is -2.36. The summed E-state index contributed by atoms with van der Waals surface area (Å²) in [5.74, 6) is -0.716. The van der Waals surface area contributed by atoms with Crippen molar-refractivity contribution in [3.63, 3.8) is 0 Å².